The molecule has 9 heteroatoms. The van der Waals surface area contributed by atoms with E-state index in [0.717, 1.165) is 25.9 Å². The van der Waals surface area contributed by atoms with Gasteiger partial charge in [-0.05, 0) is 37.1 Å². The Morgan fingerprint density at radius 1 is 1.03 bits per heavy atom. The number of benzene rings is 2. The maximum atomic E-state index is 13.6. The van der Waals surface area contributed by atoms with Crippen LogP contribution in [0.2, 0.25) is 0 Å². The Hall–Kier alpha value is -3.49. The average Bonchev–Trinajstić information content (AvgIpc) is 3.25. The third-order valence-corrected chi connectivity index (χ3v) is 4.70. The largest absolute Gasteiger partial charge is 0.366 e. The highest BCUT2D eigenvalue weighted by Crippen LogP contribution is 2.31. The van der Waals surface area contributed by atoms with Crippen molar-refractivity contribution in [2.45, 2.75) is 12.8 Å². The van der Waals surface area contributed by atoms with Crippen LogP contribution in [0.1, 0.15) is 33.6 Å². The van der Waals surface area contributed by atoms with Crippen LogP contribution in [0.25, 0.3) is 0 Å². The summed E-state index contributed by atoms with van der Waals surface area (Å²) in [6.45, 7) is 1.70. The lowest BCUT2D eigenvalue weighted by atomic mass is 10.1. The van der Waals surface area contributed by atoms with Crippen LogP contribution in [0, 0.1) is 15.9 Å². The van der Waals surface area contributed by atoms with Crippen LogP contribution < -0.4 is 15.5 Å². The van der Waals surface area contributed by atoms with E-state index in [4.69, 9.17) is 0 Å². The Labute approximate surface area is 166 Å². The van der Waals surface area contributed by atoms with Gasteiger partial charge in [-0.25, -0.2) is 4.39 Å². The van der Waals surface area contributed by atoms with Gasteiger partial charge in [-0.15, -0.1) is 0 Å². The predicted molar refractivity (Wildman–Crippen MR) is 106 cm³/mol. The molecule has 1 aliphatic heterocycles. The number of anilines is 1. The molecule has 1 fully saturated rings. The lowest BCUT2D eigenvalue weighted by Gasteiger charge is -2.17. The summed E-state index contributed by atoms with van der Waals surface area (Å²) in [5.74, 6) is -1.69. The van der Waals surface area contributed by atoms with Crippen LogP contribution in [0.5, 0.6) is 0 Å². The first-order valence-electron chi connectivity index (χ1n) is 9.31. The summed E-state index contributed by atoms with van der Waals surface area (Å²) in [6.07, 6.45) is 1.97. The second-order valence-corrected chi connectivity index (χ2v) is 6.65. The first-order chi connectivity index (χ1) is 14.0. The second kappa shape index (κ2) is 9.13. The fourth-order valence-corrected chi connectivity index (χ4v) is 3.23. The van der Waals surface area contributed by atoms with Gasteiger partial charge in [-0.2, -0.15) is 0 Å². The molecule has 2 N–H and O–H groups in total. The quantitative estimate of drug-likeness (QED) is 0.422. The van der Waals surface area contributed by atoms with Gasteiger partial charge in [0.05, 0.1) is 10.5 Å². The summed E-state index contributed by atoms with van der Waals surface area (Å²) in [7, 11) is 0. The molecule has 3 rings (SSSR count). The lowest BCUT2D eigenvalue weighted by Crippen LogP contribution is -2.35. The minimum absolute atomic E-state index is 0.0769. The maximum absolute atomic E-state index is 13.6. The van der Waals surface area contributed by atoms with Crippen molar-refractivity contribution in [3.8, 4) is 0 Å². The Bertz CT molecular complexity index is 928. The standard InChI is InChI=1S/C20H21FN4O4/c21-16-6-2-1-5-15(16)20(27)23-10-9-22-19(26)14-7-8-17(18(13-14)25(28)29)24-11-3-4-12-24/h1-2,5-8,13H,3-4,9-12H2,(H,22,26)(H,23,27). The van der Waals surface area contributed by atoms with Gasteiger partial charge in [0, 0.05) is 37.8 Å². The van der Waals surface area contributed by atoms with Crippen molar-refractivity contribution in [1.82, 2.24) is 10.6 Å². The van der Waals surface area contributed by atoms with Crippen molar-refractivity contribution < 1.29 is 18.9 Å². The molecular formula is C20H21FN4O4. The third kappa shape index (κ3) is 4.87. The summed E-state index contributed by atoms with van der Waals surface area (Å²) in [5, 5.41) is 16.5. The first kappa shape index (κ1) is 20.2. The summed E-state index contributed by atoms with van der Waals surface area (Å²) >= 11 is 0. The van der Waals surface area contributed by atoms with Crippen LogP contribution in [-0.2, 0) is 0 Å². The molecule has 2 amide bonds. The molecule has 0 saturated carbocycles. The van der Waals surface area contributed by atoms with E-state index < -0.39 is 22.6 Å². The van der Waals surface area contributed by atoms with Crippen molar-refractivity contribution in [2.24, 2.45) is 0 Å². The molecule has 0 unspecified atom stereocenters. The lowest BCUT2D eigenvalue weighted by molar-refractivity contribution is -0.384. The zero-order valence-electron chi connectivity index (χ0n) is 15.7. The van der Waals surface area contributed by atoms with Crippen LogP contribution in [0.15, 0.2) is 42.5 Å². The number of nitro benzene ring substituents is 1. The minimum Gasteiger partial charge on any atom is -0.366 e. The number of hydrogen-bond acceptors (Lipinski definition) is 5. The van der Waals surface area contributed by atoms with Gasteiger partial charge in [0.15, 0.2) is 0 Å². The van der Waals surface area contributed by atoms with Gasteiger partial charge in [0.1, 0.15) is 11.5 Å². The molecule has 0 spiro atoms. The van der Waals surface area contributed by atoms with E-state index in [2.05, 4.69) is 10.6 Å². The molecule has 152 valence electrons. The Kier molecular flexibility index (Phi) is 6.38. The number of carbonyl (C=O) groups excluding carboxylic acids is 2. The molecule has 1 saturated heterocycles. The molecule has 0 aliphatic carbocycles. The molecule has 8 nitrogen and oxygen atoms in total. The highest BCUT2D eigenvalue weighted by atomic mass is 19.1. The number of rotatable bonds is 7. The van der Waals surface area contributed by atoms with E-state index in [1.54, 1.807) is 18.2 Å². The zero-order valence-corrected chi connectivity index (χ0v) is 15.7. The molecule has 29 heavy (non-hydrogen) atoms. The van der Waals surface area contributed by atoms with Crippen molar-refractivity contribution in [3.05, 3.63) is 69.5 Å². The summed E-state index contributed by atoms with van der Waals surface area (Å²) in [5.41, 5.74) is 0.501. The van der Waals surface area contributed by atoms with Crippen molar-refractivity contribution in [2.75, 3.05) is 31.1 Å². The summed E-state index contributed by atoms with van der Waals surface area (Å²) in [4.78, 5) is 37.1. The first-order valence-corrected chi connectivity index (χ1v) is 9.31. The molecule has 0 radical (unpaired) electrons. The maximum Gasteiger partial charge on any atom is 0.293 e. The molecule has 0 atom stereocenters. The smallest absolute Gasteiger partial charge is 0.293 e. The van der Waals surface area contributed by atoms with Gasteiger partial charge in [0.25, 0.3) is 17.5 Å². The van der Waals surface area contributed by atoms with Gasteiger partial charge >= 0.3 is 0 Å². The van der Waals surface area contributed by atoms with Crippen molar-refractivity contribution >= 4 is 23.2 Å². The molecule has 2 aromatic rings. The number of carbonyl (C=O) groups is 2. The second-order valence-electron chi connectivity index (χ2n) is 6.65. The fraction of sp³-hybridized carbons (Fsp3) is 0.300. The van der Waals surface area contributed by atoms with Gasteiger partial charge in [-0.1, -0.05) is 12.1 Å². The normalized spacial score (nSPS) is 13.2. The molecule has 0 aromatic heterocycles. The highest BCUT2D eigenvalue weighted by molar-refractivity contribution is 5.96. The van der Waals surface area contributed by atoms with Gasteiger partial charge in [-0.3, -0.25) is 19.7 Å². The van der Waals surface area contributed by atoms with Gasteiger partial charge < -0.3 is 15.5 Å². The molecule has 1 aliphatic rings. The van der Waals surface area contributed by atoms with E-state index in [-0.39, 0.29) is 29.9 Å². The summed E-state index contributed by atoms with van der Waals surface area (Å²) in [6, 6.07) is 10.0. The zero-order chi connectivity index (χ0) is 20.8. The Balaban J connectivity index is 1.56. The van der Waals surface area contributed by atoms with Crippen molar-refractivity contribution in [1.29, 1.82) is 0 Å². The minimum atomic E-state index is -0.626. The Morgan fingerprint density at radius 3 is 2.34 bits per heavy atom. The third-order valence-electron chi connectivity index (χ3n) is 4.70. The monoisotopic (exact) mass is 400 g/mol. The number of nitrogens with one attached hydrogen (secondary N) is 2. The Morgan fingerprint density at radius 2 is 1.69 bits per heavy atom. The van der Waals surface area contributed by atoms with E-state index in [1.807, 2.05) is 4.90 Å². The summed E-state index contributed by atoms with van der Waals surface area (Å²) < 4.78 is 13.6. The topological polar surface area (TPSA) is 105 Å². The highest BCUT2D eigenvalue weighted by Gasteiger charge is 2.23. The number of amides is 2. The fourth-order valence-electron chi connectivity index (χ4n) is 3.23. The van der Waals surface area contributed by atoms with Crippen LogP contribution in [0.4, 0.5) is 15.8 Å². The molecule has 1 heterocycles. The van der Waals surface area contributed by atoms with E-state index in [0.29, 0.717) is 5.69 Å². The van der Waals surface area contributed by atoms with E-state index in [1.165, 1.54) is 24.3 Å². The molecular weight excluding hydrogens is 379 g/mol. The molecule has 2 aromatic carbocycles. The number of hydrogen-bond donors (Lipinski definition) is 2. The van der Waals surface area contributed by atoms with Crippen LogP contribution >= 0.6 is 0 Å². The SMILES string of the molecule is O=C(NCCNC(=O)c1ccccc1F)c1ccc(N2CCCC2)c([N+](=O)[O-])c1. The van der Waals surface area contributed by atoms with Crippen molar-refractivity contribution in [3.63, 3.8) is 0 Å². The van der Waals surface area contributed by atoms with E-state index >= 15 is 0 Å². The average molecular weight is 400 g/mol. The number of halogens is 1. The van der Waals surface area contributed by atoms with E-state index in [9.17, 15) is 24.1 Å². The molecule has 0 bridgehead atoms. The predicted octanol–water partition coefficient (Wildman–Crippen LogP) is 2.49. The van der Waals surface area contributed by atoms with Gasteiger partial charge in [0.2, 0.25) is 0 Å². The van der Waals surface area contributed by atoms with Crippen LogP contribution in [0.3, 0.4) is 0 Å². The number of nitro groups is 1. The van der Waals surface area contributed by atoms with Crippen LogP contribution in [-0.4, -0.2) is 42.9 Å². The number of nitrogens with zero attached hydrogens (tertiary/aromatic N) is 2.